The zero-order valence-corrected chi connectivity index (χ0v) is 14.5. The van der Waals surface area contributed by atoms with E-state index in [2.05, 4.69) is 0 Å². The Morgan fingerprint density at radius 3 is 1.96 bits per heavy atom. The lowest BCUT2D eigenvalue weighted by Crippen LogP contribution is -2.25. The standard InChI is InChI=1S/C21H24O3/c1-21(2,3)24-20(23)15-18(16-10-6-4-7-11-16)14-19(22)17-12-8-5-9-13-17/h4-13,18H,14-15H2,1-3H3/t18-/m0/s1. The Morgan fingerprint density at radius 1 is 0.875 bits per heavy atom. The van der Waals surface area contributed by atoms with Gasteiger partial charge in [-0.2, -0.15) is 0 Å². The third kappa shape index (κ3) is 5.65. The van der Waals surface area contributed by atoms with Crippen molar-refractivity contribution in [2.45, 2.75) is 45.1 Å². The van der Waals surface area contributed by atoms with Crippen molar-refractivity contribution in [1.29, 1.82) is 0 Å². The Morgan fingerprint density at radius 2 is 1.42 bits per heavy atom. The molecule has 0 saturated carbocycles. The first kappa shape index (κ1) is 17.9. The number of Topliss-reactive ketones (excluding diaryl/α,β-unsaturated/α-hetero) is 1. The van der Waals surface area contributed by atoms with Gasteiger partial charge in [0.15, 0.2) is 5.78 Å². The number of hydrogen-bond donors (Lipinski definition) is 0. The van der Waals surface area contributed by atoms with Crippen LogP contribution < -0.4 is 0 Å². The van der Waals surface area contributed by atoms with Gasteiger partial charge in [0.1, 0.15) is 5.60 Å². The maximum absolute atomic E-state index is 12.5. The van der Waals surface area contributed by atoms with E-state index in [0.29, 0.717) is 5.56 Å². The maximum Gasteiger partial charge on any atom is 0.306 e. The van der Waals surface area contributed by atoms with Crippen molar-refractivity contribution in [2.24, 2.45) is 0 Å². The van der Waals surface area contributed by atoms with Crippen LogP contribution in [0.1, 0.15) is 55.5 Å². The summed E-state index contributed by atoms with van der Waals surface area (Å²) in [7, 11) is 0. The van der Waals surface area contributed by atoms with Crippen molar-refractivity contribution in [3.8, 4) is 0 Å². The van der Waals surface area contributed by atoms with Crippen LogP contribution in [0.25, 0.3) is 0 Å². The van der Waals surface area contributed by atoms with Gasteiger partial charge in [0.25, 0.3) is 0 Å². The molecule has 0 unspecified atom stereocenters. The van der Waals surface area contributed by atoms with Crippen LogP contribution in [0, 0.1) is 0 Å². The fourth-order valence-corrected chi connectivity index (χ4v) is 2.58. The van der Waals surface area contributed by atoms with Crippen molar-refractivity contribution >= 4 is 11.8 Å². The fourth-order valence-electron chi connectivity index (χ4n) is 2.58. The number of hydrogen-bond acceptors (Lipinski definition) is 3. The van der Waals surface area contributed by atoms with Crippen LogP contribution >= 0.6 is 0 Å². The molecule has 0 amide bonds. The third-order valence-corrected chi connectivity index (χ3v) is 3.63. The van der Waals surface area contributed by atoms with E-state index in [0.717, 1.165) is 5.56 Å². The summed E-state index contributed by atoms with van der Waals surface area (Å²) < 4.78 is 5.43. The molecule has 0 aromatic heterocycles. The summed E-state index contributed by atoms with van der Waals surface area (Å²) >= 11 is 0. The number of carbonyl (C=O) groups is 2. The van der Waals surface area contributed by atoms with Crippen molar-refractivity contribution in [3.05, 3.63) is 71.8 Å². The zero-order chi connectivity index (χ0) is 17.6. The minimum absolute atomic E-state index is 0.0352. The van der Waals surface area contributed by atoms with Crippen LogP contribution in [-0.2, 0) is 9.53 Å². The van der Waals surface area contributed by atoms with Crippen LogP contribution in [0.4, 0.5) is 0 Å². The molecule has 0 aliphatic heterocycles. The second-order valence-electron chi connectivity index (χ2n) is 6.89. The molecule has 0 heterocycles. The van der Waals surface area contributed by atoms with Gasteiger partial charge in [-0.3, -0.25) is 9.59 Å². The van der Waals surface area contributed by atoms with Gasteiger partial charge in [-0.1, -0.05) is 60.7 Å². The lowest BCUT2D eigenvalue weighted by atomic mass is 9.89. The summed E-state index contributed by atoms with van der Waals surface area (Å²) in [5.41, 5.74) is 1.12. The predicted molar refractivity (Wildman–Crippen MR) is 95.0 cm³/mol. The van der Waals surface area contributed by atoms with Crippen molar-refractivity contribution in [3.63, 3.8) is 0 Å². The quantitative estimate of drug-likeness (QED) is 0.567. The molecule has 3 heteroatoms. The Hall–Kier alpha value is -2.42. The SMILES string of the molecule is CC(C)(C)OC(=O)C[C@H](CC(=O)c1ccccc1)c1ccccc1. The summed E-state index contributed by atoms with van der Waals surface area (Å²) in [4.78, 5) is 24.8. The molecular formula is C21H24O3. The number of benzene rings is 2. The number of ether oxygens (including phenoxy) is 1. The number of carbonyl (C=O) groups excluding carboxylic acids is 2. The average Bonchev–Trinajstić information content (AvgIpc) is 2.54. The van der Waals surface area contributed by atoms with Crippen molar-refractivity contribution in [1.82, 2.24) is 0 Å². The monoisotopic (exact) mass is 324 g/mol. The molecule has 2 aromatic carbocycles. The normalized spacial score (nSPS) is 12.5. The predicted octanol–water partition coefficient (Wildman–Crippen LogP) is 4.78. The topological polar surface area (TPSA) is 43.4 Å². The smallest absolute Gasteiger partial charge is 0.306 e. The Bertz CT molecular complexity index is 669. The van der Waals surface area contributed by atoms with Crippen LogP contribution in [-0.4, -0.2) is 17.4 Å². The van der Waals surface area contributed by atoms with E-state index in [-0.39, 0.29) is 30.5 Å². The molecule has 0 spiro atoms. The lowest BCUT2D eigenvalue weighted by molar-refractivity contribution is -0.155. The van der Waals surface area contributed by atoms with Gasteiger partial charge in [-0.05, 0) is 26.3 Å². The summed E-state index contributed by atoms with van der Waals surface area (Å²) in [6.45, 7) is 5.53. The highest BCUT2D eigenvalue weighted by atomic mass is 16.6. The number of esters is 1. The summed E-state index contributed by atoms with van der Waals surface area (Å²) in [5, 5.41) is 0. The largest absolute Gasteiger partial charge is 0.460 e. The van der Waals surface area contributed by atoms with E-state index in [4.69, 9.17) is 4.74 Å². The molecule has 3 nitrogen and oxygen atoms in total. The number of ketones is 1. The Kier molecular flexibility index (Phi) is 5.91. The van der Waals surface area contributed by atoms with Crippen LogP contribution in [0.2, 0.25) is 0 Å². The highest BCUT2D eigenvalue weighted by molar-refractivity contribution is 5.96. The molecule has 0 N–H and O–H groups in total. The molecule has 0 bridgehead atoms. The second-order valence-corrected chi connectivity index (χ2v) is 6.89. The van der Waals surface area contributed by atoms with E-state index in [1.165, 1.54) is 0 Å². The molecule has 0 fully saturated rings. The van der Waals surface area contributed by atoms with Crippen LogP contribution in [0.5, 0.6) is 0 Å². The Labute approximate surface area is 143 Å². The van der Waals surface area contributed by atoms with Gasteiger partial charge >= 0.3 is 5.97 Å². The minimum Gasteiger partial charge on any atom is -0.460 e. The molecule has 1 atom stereocenters. The zero-order valence-electron chi connectivity index (χ0n) is 14.5. The maximum atomic E-state index is 12.5. The lowest BCUT2D eigenvalue weighted by Gasteiger charge is -2.22. The van der Waals surface area contributed by atoms with Gasteiger partial charge in [0.05, 0.1) is 6.42 Å². The molecule has 2 rings (SSSR count). The molecule has 24 heavy (non-hydrogen) atoms. The summed E-state index contributed by atoms with van der Waals surface area (Å²) in [6.07, 6.45) is 0.479. The van der Waals surface area contributed by atoms with Gasteiger partial charge in [-0.25, -0.2) is 0 Å². The highest BCUT2D eigenvalue weighted by Crippen LogP contribution is 2.26. The molecule has 126 valence electrons. The minimum atomic E-state index is -0.526. The first-order chi connectivity index (χ1) is 11.3. The van der Waals surface area contributed by atoms with E-state index in [9.17, 15) is 9.59 Å². The van der Waals surface area contributed by atoms with Gasteiger partial charge in [-0.15, -0.1) is 0 Å². The van der Waals surface area contributed by atoms with Gasteiger partial charge in [0.2, 0.25) is 0 Å². The third-order valence-electron chi connectivity index (χ3n) is 3.63. The summed E-state index contributed by atoms with van der Waals surface area (Å²) in [5.74, 6) is -0.431. The van der Waals surface area contributed by atoms with E-state index in [1.54, 1.807) is 12.1 Å². The first-order valence-electron chi connectivity index (χ1n) is 8.20. The van der Waals surface area contributed by atoms with Crippen LogP contribution in [0.3, 0.4) is 0 Å². The molecule has 0 radical (unpaired) electrons. The van der Waals surface area contributed by atoms with E-state index >= 15 is 0 Å². The van der Waals surface area contributed by atoms with E-state index < -0.39 is 5.60 Å². The molecular weight excluding hydrogens is 300 g/mol. The first-order valence-corrected chi connectivity index (χ1v) is 8.20. The molecule has 2 aromatic rings. The van der Waals surface area contributed by atoms with Crippen LogP contribution in [0.15, 0.2) is 60.7 Å². The van der Waals surface area contributed by atoms with Gasteiger partial charge in [0, 0.05) is 17.9 Å². The van der Waals surface area contributed by atoms with Crippen molar-refractivity contribution < 1.29 is 14.3 Å². The highest BCUT2D eigenvalue weighted by Gasteiger charge is 2.24. The fraction of sp³-hybridized carbons (Fsp3) is 0.333. The molecule has 0 aliphatic rings. The average molecular weight is 324 g/mol. The molecule has 0 aliphatic carbocycles. The van der Waals surface area contributed by atoms with Crippen molar-refractivity contribution in [2.75, 3.05) is 0 Å². The Balaban J connectivity index is 2.15. The van der Waals surface area contributed by atoms with E-state index in [1.807, 2.05) is 69.3 Å². The van der Waals surface area contributed by atoms with Gasteiger partial charge < -0.3 is 4.74 Å². The summed E-state index contributed by atoms with van der Waals surface area (Å²) in [6, 6.07) is 18.8. The number of rotatable bonds is 6. The molecule has 0 saturated heterocycles. The second kappa shape index (κ2) is 7.91.